The molecule has 0 aromatic carbocycles. The molecule has 4 rings (SSSR count). The number of H-pyrrole nitrogens is 1. The lowest BCUT2D eigenvalue weighted by atomic mass is 10.1. The summed E-state index contributed by atoms with van der Waals surface area (Å²) in [5, 5.41) is 0.996. The summed E-state index contributed by atoms with van der Waals surface area (Å²) >= 11 is 0. The molecule has 1 N–H and O–H groups in total. The third-order valence-corrected chi connectivity index (χ3v) is 4.28. The summed E-state index contributed by atoms with van der Waals surface area (Å²) in [5.74, 6) is 0.871. The van der Waals surface area contributed by atoms with Crippen molar-refractivity contribution in [1.29, 1.82) is 0 Å². The smallest absolute Gasteiger partial charge is 0.141 e. The second-order valence-electron chi connectivity index (χ2n) is 6.01. The lowest BCUT2D eigenvalue weighted by Crippen LogP contribution is -2.38. The lowest BCUT2D eigenvalue weighted by Gasteiger charge is -2.30. The van der Waals surface area contributed by atoms with Gasteiger partial charge in [0, 0.05) is 42.5 Å². The maximum atomic E-state index is 6.32. The quantitative estimate of drug-likeness (QED) is 0.805. The molecule has 1 aliphatic heterocycles. The van der Waals surface area contributed by atoms with E-state index in [0.29, 0.717) is 0 Å². The van der Waals surface area contributed by atoms with E-state index in [-0.39, 0.29) is 6.10 Å². The van der Waals surface area contributed by atoms with E-state index in [1.165, 1.54) is 12.7 Å². The number of piperidine rings is 1. The van der Waals surface area contributed by atoms with Crippen molar-refractivity contribution in [2.45, 2.75) is 18.9 Å². The number of aromatic amines is 1. The number of pyridine rings is 1. The number of rotatable bonds is 3. The van der Waals surface area contributed by atoms with Gasteiger partial charge >= 0.3 is 0 Å². The number of hydrogen-bond donors (Lipinski definition) is 1. The van der Waals surface area contributed by atoms with E-state index in [2.05, 4.69) is 31.9 Å². The van der Waals surface area contributed by atoms with Gasteiger partial charge in [0.25, 0.3) is 0 Å². The van der Waals surface area contributed by atoms with Crippen molar-refractivity contribution in [3.05, 3.63) is 37.2 Å². The first-order valence-corrected chi connectivity index (χ1v) is 7.88. The molecule has 0 bridgehead atoms. The van der Waals surface area contributed by atoms with Gasteiger partial charge in [0.2, 0.25) is 0 Å². The maximum Gasteiger partial charge on any atom is 0.141 e. The van der Waals surface area contributed by atoms with E-state index in [1.54, 1.807) is 18.6 Å². The van der Waals surface area contributed by atoms with E-state index in [9.17, 15) is 0 Å². The van der Waals surface area contributed by atoms with Gasteiger partial charge in [-0.1, -0.05) is 0 Å². The average molecular weight is 309 g/mol. The second kappa shape index (κ2) is 5.96. The molecule has 0 saturated carbocycles. The van der Waals surface area contributed by atoms with Gasteiger partial charge in [0.05, 0.1) is 5.39 Å². The molecule has 0 spiro atoms. The summed E-state index contributed by atoms with van der Waals surface area (Å²) < 4.78 is 6.32. The molecule has 3 aromatic heterocycles. The minimum absolute atomic E-state index is 0.217. The summed E-state index contributed by atoms with van der Waals surface area (Å²) in [6.45, 7) is 2.10. The Morgan fingerprint density at radius 1 is 1.30 bits per heavy atom. The van der Waals surface area contributed by atoms with E-state index in [4.69, 9.17) is 4.74 Å². The van der Waals surface area contributed by atoms with E-state index >= 15 is 0 Å². The highest BCUT2D eigenvalue weighted by molar-refractivity contribution is 5.97. The normalized spacial score (nSPS) is 19.1. The summed E-state index contributed by atoms with van der Waals surface area (Å²) in [6, 6.07) is 1.94. The van der Waals surface area contributed by atoms with Gasteiger partial charge in [-0.2, -0.15) is 0 Å². The third kappa shape index (κ3) is 2.77. The molecule has 23 heavy (non-hydrogen) atoms. The van der Waals surface area contributed by atoms with Crippen LogP contribution in [-0.4, -0.2) is 51.1 Å². The largest absolute Gasteiger partial charge is 0.488 e. The Labute approximate surface area is 134 Å². The highest BCUT2D eigenvalue weighted by Crippen LogP contribution is 2.34. The molecule has 1 fully saturated rings. The zero-order chi connectivity index (χ0) is 15.6. The maximum absolute atomic E-state index is 6.32. The Hall–Kier alpha value is -2.47. The van der Waals surface area contributed by atoms with Crippen molar-refractivity contribution in [2.75, 3.05) is 20.1 Å². The van der Waals surface area contributed by atoms with Crippen LogP contribution in [0.15, 0.2) is 37.2 Å². The number of likely N-dealkylation sites (N-methyl/N-ethyl adjacent to an activating group) is 1. The van der Waals surface area contributed by atoms with Crippen LogP contribution in [0, 0.1) is 0 Å². The fraction of sp³-hybridized carbons (Fsp3) is 0.353. The second-order valence-corrected chi connectivity index (χ2v) is 6.01. The predicted molar refractivity (Wildman–Crippen MR) is 88.3 cm³/mol. The molecule has 0 radical (unpaired) electrons. The fourth-order valence-electron chi connectivity index (χ4n) is 3.19. The van der Waals surface area contributed by atoms with Crippen LogP contribution in [0.25, 0.3) is 22.2 Å². The number of ether oxygens (including phenoxy) is 1. The van der Waals surface area contributed by atoms with E-state index in [0.717, 1.165) is 47.4 Å². The van der Waals surface area contributed by atoms with Crippen LogP contribution in [0.2, 0.25) is 0 Å². The number of aromatic nitrogens is 4. The number of hydrogen-bond acceptors (Lipinski definition) is 5. The topological polar surface area (TPSA) is 66.9 Å². The van der Waals surface area contributed by atoms with Crippen LogP contribution in [0.4, 0.5) is 0 Å². The summed E-state index contributed by atoms with van der Waals surface area (Å²) in [4.78, 5) is 18.2. The molecule has 6 nitrogen and oxygen atoms in total. The average Bonchev–Trinajstić information content (AvgIpc) is 3.01. The van der Waals surface area contributed by atoms with Gasteiger partial charge in [0.15, 0.2) is 0 Å². The van der Waals surface area contributed by atoms with E-state index in [1.807, 2.05) is 12.3 Å². The zero-order valence-corrected chi connectivity index (χ0v) is 13.1. The van der Waals surface area contributed by atoms with Gasteiger partial charge in [-0.25, -0.2) is 15.0 Å². The number of fused-ring (bicyclic) bond motifs is 1. The molecule has 118 valence electrons. The minimum atomic E-state index is 0.217. The first-order valence-electron chi connectivity index (χ1n) is 7.88. The van der Waals surface area contributed by atoms with Gasteiger partial charge in [-0.15, -0.1) is 0 Å². The Morgan fingerprint density at radius 2 is 2.17 bits per heavy atom. The van der Waals surface area contributed by atoms with Crippen LogP contribution in [-0.2, 0) is 0 Å². The molecule has 1 atom stereocenters. The third-order valence-electron chi connectivity index (χ3n) is 4.28. The lowest BCUT2D eigenvalue weighted by molar-refractivity contribution is 0.105. The molecule has 6 heteroatoms. The molecular formula is C17H19N5O. The van der Waals surface area contributed by atoms with Gasteiger partial charge in [0.1, 0.15) is 23.8 Å². The standard InChI is InChI=1S/C17H19N5O/c1-22-6-2-3-13(10-22)23-15-4-5-20-17-16(15)14(9-21-17)12-7-18-11-19-8-12/h4-5,7-9,11,13H,2-3,6,10H2,1H3,(H,20,21)/t13-/m1/s1. The highest BCUT2D eigenvalue weighted by atomic mass is 16.5. The highest BCUT2D eigenvalue weighted by Gasteiger charge is 2.21. The summed E-state index contributed by atoms with van der Waals surface area (Å²) in [6.07, 6.45) is 11.3. The zero-order valence-electron chi connectivity index (χ0n) is 13.1. The molecule has 1 aliphatic rings. The Kier molecular flexibility index (Phi) is 3.67. The van der Waals surface area contributed by atoms with E-state index < -0.39 is 0 Å². The van der Waals surface area contributed by atoms with Gasteiger partial charge in [-0.05, 0) is 32.5 Å². The fourth-order valence-corrected chi connectivity index (χ4v) is 3.19. The van der Waals surface area contributed by atoms with Crippen molar-refractivity contribution in [1.82, 2.24) is 24.8 Å². The van der Waals surface area contributed by atoms with Crippen molar-refractivity contribution in [2.24, 2.45) is 0 Å². The van der Waals surface area contributed by atoms with Gasteiger partial charge in [-0.3, -0.25) is 0 Å². The van der Waals surface area contributed by atoms with Crippen molar-refractivity contribution in [3.8, 4) is 16.9 Å². The van der Waals surface area contributed by atoms with Crippen LogP contribution < -0.4 is 4.74 Å². The number of likely N-dealkylation sites (tertiary alicyclic amines) is 1. The van der Waals surface area contributed by atoms with Crippen molar-refractivity contribution < 1.29 is 4.74 Å². The van der Waals surface area contributed by atoms with Crippen LogP contribution in [0.3, 0.4) is 0 Å². The minimum Gasteiger partial charge on any atom is -0.488 e. The Balaban J connectivity index is 1.73. The summed E-state index contributed by atoms with van der Waals surface area (Å²) in [5.41, 5.74) is 2.80. The van der Waals surface area contributed by atoms with Crippen LogP contribution in [0.1, 0.15) is 12.8 Å². The number of nitrogens with one attached hydrogen (secondary N) is 1. The Morgan fingerprint density at radius 3 is 3.00 bits per heavy atom. The molecule has 0 amide bonds. The molecular weight excluding hydrogens is 290 g/mol. The van der Waals surface area contributed by atoms with Gasteiger partial charge < -0.3 is 14.6 Å². The summed E-state index contributed by atoms with van der Waals surface area (Å²) in [7, 11) is 2.14. The molecule has 0 aliphatic carbocycles. The predicted octanol–water partition coefficient (Wildman–Crippen LogP) is 2.49. The number of nitrogens with zero attached hydrogens (tertiary/aromatic N) is 4. The molecule has 4 heterocycles. The van der Waals surface area contributed by atoms with Crippen molar-refractivity contribution in [3.63, 3.8) is 0 Å². The molecule has 0 unspecified atom stereocenters. The SMILES string of the molecule is CN1CCC[C@@H](Oc2ccnc3[nH]cc(-c4cncnc4)c23)C1. The Bertz CT molecular complexity index is 801. The van der Waals surface area contributed by atoms with Crippen molar-refractivity contribution >= 4 is 11.0 Å². The van der Waals surface area contributed by atoms with Crippen LogP contribution >= 0.6 is 0 Å². The monoisotopic (exact) mass is 309 g/mol. The first-order chi connectivity index (χ1) is 11.3. The first kappa shape index (κ1) is 14.1. The molecule has 3 aromatic rings. The molecule has 1 saturated heterocycles. The van der Waals surface area contributed by atoms with Crippen LogP contribution in [0.5, 0.6) is 5.75 Å².